The Kier molecular flexibility index (Phi) is 2.95. The lowest BCUT2D eigenvalue weighted by atomic mass is 9.96. The van der Waals surface area contributed by atoms with Crippen molar-refractivity contribution in [2.24, 2.45) is 0 Å². The average Bonchev–Trinajstić information content (AvgIpc) is 2.47. The van der Waals surface area contributed by atoms with Crippen LogP contribution in [0.15, 0.2) is 57.7 Å². The molecule has 1 aromatic heterocycles. The van der Waals surface area contributed by atoms with Crippen molar-refractivity contribution in [3.05, 3.63) is 70.1 Å². The van der Waals surface area contributed by atoms with Crippen molar-refractivity contribution in [1.82, 2.24) is 0 Å². The van der Waals surface area contributed by atoms with Gasteiger partial charge in [0.25, 0.3) is 0 Å². The summed E-state index contributed by atoms with van der Waals surface area (Å²) in [5.41, 5.74) is 2.31. The van der Waals surface area contributed by atoms with Gasteiger partial charge >= 0.3 is 5.63 Å². The van der Waals surface area contributed by atoms with Crippen molar-refractivity contribution in [2.75, 3.05) is 0 Å². The van der Waals surface area contributed by atoms with Crippen LogP contribution in [-0.4, -0.2) is 6.29 Å². The number of hydrogen-bond acceptors (Lipinski definition) is 3. The molecule has 3 aromatic rings. The Morgan fingerprint density at radius 3 is 2.45 bits per heavy atom. The van der Waals surface area contributed by atoms with Crippen LogP contribution >= 0.6 is 0 Å². The molecule has 0 saturated heterocycles. The highest BCUT2D eigenvalue weighted by Gasteiger charge is 2.16. The smallest absolute Gasteiger partial charge is 0.344 e. The fourth-order valence-electron chi connectivity index (χ4n) is 2.40. The van der Waals surface area contributed by atoms with E-state index in [1.54, 1.807) is 18.2 Å². The zero-order valence-electron chi connectivity index (χ0n) is 10.9. The summed E-state index contributed by atoms with van der Waals surface area (Å²) in [6.07, 6.45) is 0.723. The van der Waals surface area contributed by atoms with Crippen molar-refractivity contribution in [1.29, 1.82) is 0 Å². The van der Waals surface area contributed by atoms with Crippen LogP contribution in [0.2, 0.25) is 0 Å². The van der Waals surface area contributed by atoms with Crippen molar-refractivity contribution < 1.29 is 9.21 Å². The Morgan fingerprint density at radius 1 is 1.00 bits per heavy atom. The predicted octanol–water partition coefficient (Wildman–Crippen LogP) is 3.58. The first-order valence-electron chi connectivity index (χ1n) is 6.29. The van der Waals surface area contributed by atoms with Gasteiger partial charge in [-0.2, -0.15) is 0 Å². The van der Waals surface area contributed by atoms with Gasteiger partial charge in [-0.15, -0.1) is 0 Å². The lowest BCUT2D eigenvalue weighted by molar-refractivity contribution is 0.112. The molecule has 3 rings (SSSR count). The summed E-state index contributed by atoms with van der Waals surface area (Å²) in [5, 5.41) is 0.653. The van der Waals surface area contributed by atoms with Crippen LogP contribution in [0.25, 0.3) is 22.1 Å². The number of carbonyl (C=O) groups is 1. The molecule has 20 heavy (non-hydrogen) atoms. The van der Waals surface area contributed by atoms with E-state index in [2.05, 4.69) is 0 Å². The maximum Gasteiger partial charge on any atom is 0.344 e. The summed E-state index contributed by atoms with van der Waals surface area (Å²) in [5.74, 6) is 0. The fourth-order valence-corrected chi connectivity index (χ4v) is 2.40. The number of para-hydroxylation sites is 1. The molecule has 0 aliphatic carbocycles. The molecular weight excluding hydrogens is 252 g/mol. The Balaban J connectivity index is 2.48. The molecule has 0 fully saturated rings. The van der Waals surface area contributed by atoms with Gasteiger partial charge in [-0.25, -0.2) is 4.79 Å². The molecule has 0 saturated carbocycles. The summed E-state index contributed by atoms with van der Waals surface area (Å²) in [4.78, 5) is 23.7. The minimum absolute atomic E-state index is 0.330. The molecule has 2 aromatic carbocycles. The van der Waals surface area contributed by atoms with Crippen LogP contribution in [0.4, 0.5) is 0 Å². The van der Waals surface area contributed by atoms with Crippen molar-refractivity contribution in [3.8, 4) is 11.1 Å². The number of fused-ring (bicyclic) bond motifs is 1. The number of hydrogen-bond donors (Lipinski definition) is 0. The summed E-state index contributed by atoms with van der Waals surface area (Å²) in [7, 11) is 0. The van der Waals surface area contributed by atoms with Gasteiger partial charge in [-0.3, -0.25) is 4.79 Å². The minimum atomic E-state index is -0.486. The largest absolute Gasteiger partial charge is 0.422 e. The summed E-state index contributed by atoms with van der Waals surface area (Å²) < 4.78 is 5.33. The number of carbonyl (C=O) groups excluding carboxylic acids is 1. The van der Waals surface area contributed by atoms with E-state index in [0.29, 0.717) is 22.1 Å². The van der Waals surface area contributed by atoms with Crippen molar-refractivity contribution >= 4 is 17.3 Å². The SMILES string of the molecule is Cc1ccccc1-c1c(C=O)c2ccccc2oc1=O. The third kappa shape index (κ3) is 1.84. The molecule has 3 heteroatoms. The minimum Gasteiger partial charge on any atom is -0.422 e. The predicted molar refractivity (Wildman–Crippen MR) is 78.0 cm³/mol. The Bertz CT molecular complexity index is 859. The van der Waals surface area contributed by atoms with Crippen LogP contribution in [0.3, 0.4) is 0 Å². The molecule has 0 atom stereocenters. The molecule has 3 nitrogen and oxygen atoms in total. The van der Waals surface area contributed by atoms with Crippen LogP contribution in [-0.2, 0) is 0 Å². The van der Waals surface area contributed by atoms with Gasteiger partial charge in [-0.05, 0) is 24.1 Å². The number of rotatable bonds is 2. The van der Waals surface area contributed by atoms with E-state index in [4.69, 9.17) is 4.42 Å². The average molecular weight is 264 g/mol. The number of aryl methyl sites for hydroxylation is 1. The van der Waals surface area contributed by atoms with E-state index in [1.165, 1.54) is 0 Å². The van der Waals surface area contributed by atoms with E-state index in [0.717, 1.165) is 17.4 Å². The first kappa shape index (κ1) is 12.4. The Morgan fingerprint density at radius 2 is 1.70 bits per heavy atom. The van der Waals surface area contributed by atoms with E-state index in [-0.39, 0.29) is 0 Å². The van der Waals surface area contributed by atoms with Gasteiger partial charge in [0, 0.05) is 10.9 Å². The highest BCUT2D eigenvalue weighted by Crippen LogP contribution is 2.27. The van der Waals surface area contributed by atoms with Gasteiger partial charge in [0.05, 0.1) is 5.56 Å². The maximum absolute atomic E-state index is 12.2. The van der Waals surface area contributed by atoms with Crippen molar-refractivity contribution in [3.63, 3.8) is 0 Å². The third-order valence-corrected chi connectivity index (χ3v) is 3.39. The second-order valence-electron chi connectivity index (χ2n) is 4.61. The van der Waals surface area contributed by atoms with Crippen molar-refractivity contribution in [2.45, 2.75) is 6.92 Å². The molecule has 0 aliphatic rings. The van der Waals surface area contributed by atoms with Crippen LogP contribution in [0.1, 0.15) is 15.9 Å². The van der Waals surface area contributed by atoms with Crippen LogP contribution in [0, 0.1) is 6.92 Å². The molecule has 0 unspecified atom stereocenters. The maximum atomic E-state index is 12.2. The highest BCUT2D eigenvalue weighted by atomic mass is 16.4. The summed E-state index contributed by atoms with van der Waals surface area (Å²) in [6, 6.07) is 14.5. The quantitative estimate of drug-likeness (QED) is 0.525. The second kappa shape index (κ2) is 4.78. The standard InChI is InChI=1S/C17H12O3/c1-11-6-2-3-7-12(11)16-14(10-18)13-8-4-5-9-15(13)20-17(16)19/h2-10H,1H3. The molecule has 0 bridgehead atoms. The van der Waals surface area contributed by atoms with Gasteiger partial charge in [0.1, 0.15) is 5.58 Å². The lowest BCUT2D eigenvalue weighted by Gasteiger charge is -2.09. The number of benzene rings is 2. The van der Waals surface area contributed by atoms with Gasteiger partial charge in [-0.1, -0.05) is 42.5 Å². The Labute approximate surface area is 115 Å². The zero-order chi connectivity index (χ0) is 14.1. The topological polar surface area (TPSA) is 47.3 Å². The molecular formula is C17H12O3. The number of aldehydes is 1. The molecule has 0 radical (unpaired) electrons. The fraction of sp³-hybridized carbons (Fsp3) is 0.0588. The van der Waals surface area contributed by atoms with Gasteiger partial charge < -0.3 is 4.42 Å². The molecule has 1 heterocycles. The molecule has 0 N–H and O–H groups in total. The highest BCUT2D eigenvalue weighted by molar-refractivity contribution is 6.02. The monoisotopic (exact) mass is 264 g/mol. The van der Waals surface area contributed by atoms with E-state index in [1.807, 2.05) is 37.3 Å². The molecule has 0 aliphatic heterocycles. The second-order valence-corrected chi connectivity index (χ2v) is 4.61. The first-order valence-corrected chi connectivity index (χ1v) is 6.29. The van der Waals surface area contributed by atoms with Gasteiger partial charge in [0.15, 0.2) is 6.29 Å². The van der Waals surface area contributed by atoms with E-state index < -0.39 is 5.63 Å². The first-order chi connectivity index (χ1) is 9.72. The summed E-state index contributed by atoms with van der Waals surface area (Å²) >= 11 is 0. The van der Waals surface area contributed by atoms with Crippen LogP contribution < -0.4 is 5.63 Å². The van der Waals surface area contributed by atoms with E-state index in [9.17, 15) is 9.59 Å². The Hall–Kier alpha value is -2.68. The third-order valence-electron chi connectivity index (χ3n) is 3.39. The molecule has 98 valence electrons. The molecule has 0 amide bonds. The molecule has 0 spiro atoms. The zero-order valence-corrected chi connectivity index (χ0v) is 10.9. The normalized spacial score (nSPS) is 10.7. The van der Waals surface area contributed by atoms with E-state index >= 15 is 0 Å². The van der Waals surface area contributed by atoms with Crippen LogP contribution in [0.5, 0.6) is 0 Å². The lowest BCUT2D eigenvalue weighted by Crippen LogP contribution is -2.08. The van der Waals surface area contributed by atoms with Gasteiger partial charge in [0.2, 0.25) is 0 Å². The summed E-state index contributed by atoms with van der Waals surface area (Å²) in [6.45, 7) is 1.90.